The van der Waals surface area contributed by atoms with E-state index in [9.17, 15) is 22.8 Å². The molecular formula is C11H15F3O3. The molecule has 2 unspecified atom stereocenters. The van der Waals surface area contributed by atoms with Crippen LogP contribution in [-0.4, -0.2) is 24.5 Å². The van der Waals surface area contributed by atoms with Crippen LogP contribution in [0.4, 0.5) is 13.2 Å². The number of Topliss-reactive ketones (excluding diaryl/α,β-unsaturated/α-hetero) is 1. The van der Waals surface area contributed by atoms with Crippen molar-refractivity contribution in [2.24, 2.45) is 11.8 Å². The van der Waals surface area contributed by atoms with Gasteiger partial charge in [0.25, 0.3) is 0 Å². The Morgan fingerprint density at radius 2 is 2.00 bits per heavy atom. The highest BCUT2D eigenvalue weighted by molar-refractivity contribution is 5.83. The molecule has 1 saturated carbocycles. The molecule has 6 heteroatoms. The summed E-state index contributed by atoms with van der Waals surface area (Å²) >= 11 is 0. The highest BCUT2D eigenvalue weighted by Crippen LogP contribution is 2.36. The zero-order valence-corrected chi connectivity index (χ0v) is 9.55. The Kier molecular flexibility index (Phi) is 4.54. The molecule has 0 spiro atoms. The maximum atomic E-state index is 12.5. The fourth-order valence-electron chi connectivity index (χ4n) is 2.01. The van der Waals surface area contributed by atoms with E-state index in [1.165, 1.54) is 0 Å². The lowest BCUT2D eigenvalue weighted by Crippen LogP contribution is -2.29. The van der Waals surface area contributed by atoms with E-state index in [-0.39, 0.29) is 32.3 Å². The number of ketones is 1. The lowest BCUT2D eigenvalue weighted by atomic mass is 9.97. The van der Waals surface area contributed by atoms with Crippen molar-refractivity contribution in [1.82, 2.24) is 0 Å². The number of carbonyl (C=O) groups is 2. The van der Waals surface area contributed by atoms with Gasteiger partial charge in [0.1, 0.15) is 11.7 Å². The topological polar surface area (TPSA) is 43.4 Å². The molecule has 1 fully saturated rings. The number of rotatable bonds is 2. The monoisotopic (exact) mass is 252 g/mol. The minimum atomic E-state index is -4.50. The minimum absolute atomic E-state index is 0.0642. The van der Waals surface area contributed by atoms with Crippen LogP contribution in [0.5, 0.6) is 0 Å². The van der Waals surface area contributed by atoms with E-state index in [0.717, 1.165) is 0 Å². The molecule has 2 atom stereocenters. The van der Waals surface area contributed by atoms with E-state index in [4.69, 9.17) is 4.74 Å². The molecule has 0 aliphatic heterocycles. The molecule has 0 heterocycles. The fourth-order valence-corrected chi connectivity index (χ4v) is 2.01. The summed E-state index contributed by atoms with van der Waals surface area (Å²) in [7, 11) is 0. The first-order chi connectivity index (χ1) is 7.86. The van der Waals surface area contributed by atoms with Gasteiger partial charge in [-0.1, -0.05) is 0 Å². The summed E-state index contributed by atoms with van der Waals surface area (Å²) in [6.45, 7) is 1.84. The summed E-state index contributed by atoms with van der Waals surface area (Å²) in [5, 5.41) is 0. The van der Waals surface area contributed by atoms with Crippen LogP contribution in [0.2, 0.25) is 0 Å². The second kappa shape index (κ2) is 5.51. The van der Waals surface area contributed by atoms with Gasteiger partial charge in [-0.15, -0.1) is 0 Å². The molecule has 0 bridgehead atoms. The van der Waals surface area contributed by atoms with Gasteiger partial charge in [0, 0.05) is 6.42 Å². The van der Waals surface area contributed by atoms with Crippen molar-refractivity contribution in [2.45, 2.75) is 38.8 Å². The highest BCUT2D eigenvalue weighted by atomic mass is 19.4. The average molecular weight is 252 g/mol. The summed E-state index contributed by atoms with van der Waals surface area (Å²) in [6, 6.07) is 0. The zero-order valence-electron chi connectivity index (χ0n) is 9.55. The molecule has 98 valence electrons. The van der Waals surface area contributed by atoms with Gasteiger partial charge in [-0.05, 0) is 26.2 Å². The minimum Gasteiger partial charge on any atom is -0.466 e. The molecule has 1 aliphatic carbocycles. The van der Waals surface area contributed by atoms with Crippen molar-refractivity contribution in [3.05, 3.63) is 0 Å². The van der Waals surface area contributed by atoms with E-state index in [2.05, 4.69) is 0 Å². The third-order valence-electron chi connectivity index (χ3n) is 2.95. The molecule has 0 saturated heterocycles. The van der Waals surface area contributed by atoms with Crippen molar-refractivity contribution in [3.8, 4) is 0 Å². The average Bonchev–Trinajstić information content (AvgIpc) is 2.39. The van der Waals surface area contributed by atoms with E-state index in [1.807, 2.05) is 0 Å². The summed E-state index contributed by atoms with van der Waals surface area (Å²) in [6.07, 6.45) is -4.79. The van der Waals surface area contributed by atoms with Crippen LogP contribution in [0, 0.1) is 11.8 Å². The molecule has 0 amide bonds. The summed E-state index contributed by atoms with van der Waals surface area (Å²) < 4.78 is 42.3. The van der Waals surface area contributed by atoms with Crippen molar-refractivity contribution in [2.75, 3.05) is 6.61 Å². The number of halogens is 3. The van der Waals surface area contributed by atoms with Crippen molar-refractivity contribution in [1.29, 1.82) is 0 Å². The van der Waals surface area contributed by atoms with Gasteiger partial charge in [0.05, 0.1) is 12.5 Å². The Labute approximate surface area is 97.3 Å². The van der Waals surface area contributed by atoms with Crippen LogP contribution in [0.1, 0.15) is 32.6 Å². The van der Waals surface area contributed by atoms with Crippen LogP contribution < -0.4 is 0 Å². The summed E-state index contributed by atoms with van der Waals surface area (Å²) in [4.78, 5) is 22.7. The number of carbonyl (C=O) groups excluding carboxylic acids is 2. The van der Waals surface area contributed by atoms with Gasteiger partial charge < -0.3 is 4.74 Å². The molecule has 0 aromatic rings. The first kappa shape index (κ1) is 14.0. The van der Waals surface area contributed by atoms with Gasteiger partial charge in [-0.3, -0.25) is 9.59 Å². The molecule has 3 nitrogen and oxygen atoms in total. The number of hydrogen-bond donors (Lipinski definition) is 0. The first-order valence-electron chi connectivity index (χ1n) is 5.62. The molecule has 0 radical (unpaired) electrons. The molecule has 1 rings (SSSR count). The molecule has 1 aliphatic rings. The van der Waals surface area contributed by atoms with Gasteiger partial charge >= 0.3 is 12.1 Å². The largest absolute Gasteiger partial charge is 0.466 e. The smallest absolute Gasteiger partial charge is 0.398 e. The lowest BCUT2D eigenvalue weighted by Gasteiger charge is -2.16. The highest BCUT2D eigenvalue weighted by Gasteiger charge is 2.46. The quantitative estimate of drug-likeness (QED) is 0.560. The van der Waals surface area contributed by atoms with Gasteiger partial charge in [0.2, 0.25) is 0 Å². The van der Waals surface area contributed by atoms with Crippen LogP contribution in [-0.2, 0) is 14.3 Å². The second-order valence-corrected chi connectivity index (χ2v) is 4.13. The fraction of sp³-hybridized carbons (Fsp3) is 0.818. The van der Waals surface area contributed by atoms with Crippen molar-refractivity contribution >= 4 is 11.8 Å². The summed E-state index contributed by atoms with van der Waals surface area (Å²) in [5.41, 5.74) is 0. The Bertz CT molecular complexity index is 299. The SMILES string of the molecule is CCOC(=O)C1CCC(=O)C(C(F)(F)F)CC1. The number of hydrogen-bond acceptors (Lipinski definition) is 3. The Morgan fingerprint density at radius 1 is 1.35 bits per heavy atom. The Balaban J connectivity index is 2.66. The second-order valence-electron chi connectivity index (χ2n) is 4.13. The maximum absolute atomic E-state index is 12.5. The van der Waals surface area contributed by atoms with Gasteiger partial charge in [-0.25, -0.2) is 0 Å². The Morgan fingerprint density at radius 3 is 2.53 bits per heavy atom. The summed E-state index contributed by atoms with van der Waals surface area (Å²) in [5.74, 6) is -3.81. The van der Waals surface area contributed by atoms with Crippen molar-refractivity contribution in [3.63, 3.8) is 0 Å². The molecule has 0 aromatic carbocycles. The predicted molar refractivity (Wildman–Crippen MR) is 53.1 cm³/mol. The maximum Gasteiger partial charge on any atom is 0.398 e. The lowest BCUT2D eigenvalue weighted by molar-refractivity contribution is -0.182. The molecule has 0 aromatic heterocycles. The van der Waals surface area contributed by atoms with Gasteiger partial charge in [-0.2, -0.15) is 13.2 Å². The first-order valence-corrected chi connectivity index (χ1v) is 5.62. The molecule has 17 heavy (non-hydrogen) atoms. The van der Waals surface area contributed by atoms with E-state index in [0.29, 0.717) is 0 Å². The van der Waals surface area contributed by atoms with Crippen LogP contribution in [0.15, 0.2) is 0 Å². The standard InChI is InChI=1S/C11H15F3O3/c1-2-17-10(16)7-3-5-8(11(12,13)14)9(15)6-4-7/h7-8H,2-6H2,1H3. The number of alkyl halides is 3. The third kappa shape index (κ3) is 3.71. The normalized spacial score (nSPS) is 26.5. The third-order valence-corrected chi connectivity index (χ3v) is 2.95. The number of esters is 1. The predicted octanol–water partition coefficient (Wildman–Crippen LogP) is 2.49. The van der Waals surface area contributed by atoms with E-state index in [1.54, 1.807) is 6.92 Å². The van der Waals surface area contributed by atoms with Gasteiger partial charge in [0.15, 0.2) is 0 Å². The van der Waals surface area contributed by atoms with E-state index < -0.39 is 29.8 Å². The zero-order chi connectivity index (χ0) is 13.1. The molecular weight excluding hydrogens is 237 g/mol. The van der Waals surface area contributed by atoms with Crippen molar-refractivity contribution < 1.29 is 27.5 Å². The number of ether oxygens (including phenoxy) is 1. The van der Waals surface area contributed by atoms with Crippen LogP contribution >= 0.6 is 0 Å². The Hall–Kier alpha value is -1.07. The van der Waals surface area contributed by atoms with E-state index >= 15 is 0 Å². The van der Waals surface area contributed by atoms with Crippen LogP contribution in [0.3, 0.4) is 0 Å². The van der Waals surface area contributed by atoms with Crippen LogP contribution in [0.25, 0.3) is 0 Å². The molecule has 0 N–H and O–H groups in total.